The van der Waals surface area contributed by atoms with E-state index in [2.05, 4.69) is 4.98 Å². The molecule has 1 aliphatic heterocycles. The molecule has 8 heteroatoms. The molecule has 1 aromatic heterocycles. The van der Waals surface area contributed by atoms with Gasteiger partial charge in [-0.3, -0.25) is 4.57 Å². The van der Waals surface area contributed by atoms with E-state index in [4.69, 9.17) is 9.47 Å². The molecule has 4 rings (SSSR count). The van der Waals surface area contributed by atoms with Gasteiger partial charge in [-0.15, -0.1) is 0 Å². The highest BCUT2D eigenvalue weighted by molar-refractivity contribution is 5.75. The average Bonchev–Trinajstić information content (AvgIpc) is 3.17. The highest BCUT2D eigenvalue weighted by Crippen LogP contribution is 2.35. The standard InChI is InChI=1S/C19H18FN3O4/c1-18(12-22-11-16(23(24)25)21-17(22)27-18)13-26-19(20)9-7-15(8-10-19)14-5-3-2-4-6-14/h2-9,11H,10,12-13H2,1H3. The molecule has 7 nitrogen and oxygen atoms in total. The van der Waals surface area contributed by atoms with E-state index < -0.39 is 16.4 Å². The first-order valence-corrected chi connectivity index (χ1v) is 8.54. The number of ether oxygens (including phenoxy) is 2. The first-order chi connectivity index (χ1) is 12.9. The highest BCUT2D eigenvalue weighted by Gasteiger charge is 2.43. The van der Waals surface area contributed by atoms with Gasteiger partial charge in [-0.2, -0.15) is 0 Å². The summed E-state index contributed by atoms with van der Waals surface area (Å²) in [6.45, 7) is 2.04. The number of nitrogens with zero attached hydrogens (tertiary/aromatic N) is 3. The van der Waals surface area contributed by atoms with Gasteiger partial charge >= 0.3 is 11.8 Å². The number of benzene rings is 1. The van der Waals surface area contributed by atoms with Gasteiger partial charge in [0.05, 0.1) is 13.2 Å². The van der Waals surface area contributed by atoms with Gasteiger partial charge < -0.3 is 19.6 Å². The van der Waals surface area contributed by atoms with E-state index in [1.807, 2.05) is 36.4 Å². The summed E-state index contributed by atoms with van der Waals surface area (Å²) in [7, 11) is 0. The summed E-state index contributed by atoms with van der Waals surface area (Å²) in [6.07, 6.45) is 6.34. The predicted octanol–water partition coefficient (Wildman–Crippen LogP) is 3.67. The third-order valence-electron chi connectivity index (χ3n) is 4.59. The lowest BCUT2D eigenvalue weighted by atomic mass is 9.97. The fourth-order valence-corrected chi connectivity index (χ4v) is 3.18. The third kappa shape index (κ3) is 3.48. The van der Waals surface area contributed by atoms with Crippen LogP contribution in [0.2, 0.25) is 0 Å². The van der Waals surface area contributed by atoms with E-state index in [0.717, 1.165) is 11.1 Å². The molecule has 0 radical (unpaired) electrons. The molecule has 1 aromatic carbocycles. The normalized spacial score (nSPS) is 26.4. The number of nitro groups is 1. The second-order valence-electron chi connectivity index (χ2n) is 6.96. The zero-order valence-corrected chi connectivity index (χ0v) is 14.7. The van der Waals surface area contributed by atoms with Crippen molar-refractivity contribution in [2.24, 2.45) is 0 Å². The van der Waals surface area contributed by atoms with Crippen molar-refractivity contribution in [2.45, 2.75) is 31.3 Å². The van der Waals surface area contributed by atoms with Gasteiger partial charge in [0.15, 0.2) is 5.60 Å². The number of halogens is 1. The zero-order chi connectivity index (χ0) is 19.1. The smallest absolute Gasteiger partial charge is 0.415 e. The summed E-state index contributed by atoms with van der Waals surface area (Å²) in [4.78, 5) is 14.0. The second-order valence-corrected chi connectivity index (χ2v) is 6.96. The van der Waals surface area contributed by atoms with Crippen LogP contribution in [0, 0.1) is 10.1 Å². The number of rotatable bonds is 5. The maximum Gasteiger partial charge on any atom is 0.415 e. The minimum atomic E-state index is -1.92. The number of allylic oxidation sites excluding steroid dienone is 2. The topological polar surface area (TPSA) is 79.4 Å². The quantitative estimate of drug-likeness (QED) is 0.592. The molecule has 140 valence electrons. The minimum absolute atomic E-state index is 0.0144. The van der Waals surface area contributed by atoms with Crippen LogP contribution in [-0.2, 0) is 11.3 Å². The molecule has 27 heavy (non-hydrogen) atoms. The molecule has 1 aliphatic carbocycles. The van der Waals surface area contributed by atoms with Gasteiger partial charge in [-0.1, -0.05) is 42.5 Å². The van der Waals surface area contributed by atoms with Crippen LogP contribution in [0.3, 0.4) is 0 Å². The Morgan fingerprint density at radius 2 is 2.19 bits per heavy atom. The summed E-state index contributed by atoms with van der Waals surface area (Å²) >= 11 is 0. The van der Waals surface area contributed by atoms with E-state index in [1.54, 1.807) is 13.0 Å². The van der Waals surface area contributed by atoms with E-state index in [9.17, 15) is 14.5 Å². The molecule has 0 fully saturated rings. The molecule has 0 amide bonds. The van der Waals surface area contributed by atoms with Crippen molar-refractivity contribution in [3.05, 3.63) is 70.4 Å². The first kappa shape index (κ1) is 17.4. The van der Waals surface area contributed by atoms with Gasteiger partial charge in [0.1, 0.15) is 6.20 Å². The Kier molecular flexibility index (Phi) is 4.07. The average molecular weight is 371 g/mol. The summed E-state index contributed by atoms with van der Waals surface area (Å²) in [6, 6.07) is 9.88. The SMILES string of the molecule is CC1(COC2(F)C=CC(c3ccccc3)=CC2)Cn2cc([N+](=O)[O-])nc2O1. The van der Waals surface area contributed by atoms with Crippen molar-refractivity contribution in [2.75, 3.05) is 6.61 Å². The Balaban J connectivity index is 1.38. The highest BCUT2D eigenvalue weighted by atomic mass is 19.2. The Hall–Kier alpha value is -3.00. The Morgan fingerprint density at radius 3 is 2.81 bits per heavy atom. The lowest BCUT2D eigenvalue weighted by molar-refractivity contribution is -0.389. The number of hydrogen-bond acceptors (Lipinski definition) is 5. The number of fused-ring (bicyclic) bond motifs is 1. The molecular formula is C19H18FN3O4. The second kappa shape index (κ2) is 6.31. The summed E-state index contributed by atoms with van der Waals surface area (Å²) < 4.78 is 27.7. The first-order valence-electron chi connectivity index (χ1n) is 8.54. The van der Waals surface area contributed by atoms with Gasteiger partial charge in [0, 0.05) is 11.4 Å². The maximum absolute atomic E-state index is 15.0. The Bertz CT molecular complexity index is 914. The maximum atomic E-state index is 15.0. The molecule has 2 aromatic rings. The monoisotopic (exact) mass is 371 g/mol. The number of alkyl halides is 1. The van der Waals surface area contributed by atoms with Gasteiger partial charge in [0.2, 0.25) is 5.85 Å². The van der Waals surface area contributed by atoms with Crippen LogP contribution in [0.15, 0.2) is 54.8 Å². The van der Waals surface area contributed by atoms with Crippen molar-refractivity contribution >= 4 is 11.4 Å². The molecule has 2 aliphatic rings. The predicted molar refractivity (Wildman–Crippen MR) is 95.9 cm³/mol. The van der Waals surface area contributed by atoms with Crippen LogP contribution < -0.4 is 4.74 Å². The van der Waals surface area contributed by atoms with Crippen LogP contribution in [0.25, 0.3) is 5.57 Å². The summed E-state index contributed by atoms with van der Waals surface area (Å²) in [5.41, 5.74) is 1.13. The van der Waals surface area contributed by atoms with Crippen LogP contribution in [0.1, 0.15) is 18.9 Å². The van der Waals surface area contributed by atoms with E-state index in [0.29, 0.717) is 6.54 Å². The van der Waals surface area contributed by atoms with Crippen molar-refractivity contribution in [1.82, 2.24) is 9.55 Å². The van der Waals surface area contributed by atoms with Crippen molar-refractivity contribution in [3.8, 4) is 6.01 Å². The summed E-state index contributed by atoms with van der Waals surface area (Å²) in [5.74, 6) is -2.19. The molecular weight excluding hydrogens is 353 g/mol. The van der Waals surface area contributed by atoms with Crippen molar-refractivity contribution < 1.29 is 18.8 Å². The van der Waals surface area contributed by atoms with Gasteiger partial charge in [-0.25, -0.2) is 4.39 Å². The van der Waals surface area contributed by atoms with E-state index in [1.165, 1.54) is 16.8 Å². The van der Waals surface area contributed by atoms with Gasteiger partial charge in [0.25, 0.3) is 0 Å². The largest absolute Gasteiger partial charge is 0.435 e. The third-order valence-corrected chi connectivity index (χ3v) is 4.59. The van der Waals surface area contributed by atoms with Crippen LogP contribution in [0.4, 0.5) is 10.2 Å². The van der Waals surface area contributed by atoms with Crippen LogP contribution >= 0.6 is 0 Å². The molecule has 0 bridgehead atoms. The lowest BCUT2D eigenvalue weighted by Gasteiger charge is -2.29. The molecule has 2 atom stereocenters. The fourth-order valence-electron chi connectivity index (χ4n) is 3.18. The minimum Gasteiger partial charge on any atom is -0.435 e. The zero-order valence-electron chi connectivity index (χ0n) is 14.7. The van der Waals surface area contributed by atoms with Gasteiger partial charge in [-0.05, 0) is 29.1 Å². The molecule has 2 heterocycles. The number of aromatic nitrogens is 2. The molecule has 0 spiro atoms. The van der Waals surface area contributed by atoms with Crippen molar-refractivity contribution in [3.63, 3.8) is 0 Å². The molecule has 0 saturated heterocycles. The molecule has 0 saturated carbocycles. The van der Waals surface area contributed by atoms with Crippen LogP contribution in [0.5, 0.6) is 6.01 Å². The summed E-state index contributed by atoms with van der Waals surface area (Å²) in [5, 5.41) is 10.8. The fraction of sp³-hybridized carbons (Fsp3) is 0.316. The van der Waals surface area contributed by atoms with E-state index >= 15 is 0 Å². The number of hydrogen-bond donors (Lipinski definition) is 0. The van der Waals surface area contributed by atoms with E-state index in [-0.39, 0.29) is 24.9 Å². The Morgan fingerprint density at radius 1 is 1.41 bits per heavy atom. The van der Waals surface area contributed by atoms with Crippen LogP contribution in [-0.4, -0.2) is 32.5 Å². The lowest BCUT2D eigenvalue weighted by Crippen LogP contribution is -2.41. The molecule has 2 unspecified atom stereocenters. The number of imidazole rings is 1. The molecule has 0 N–H and O–H groups in total. The Labute approximate surface area is 154 Å². The van der Waals surface area contributed by atoms with Crippen molar-refractivity contribution in [1.29, 1.82) is 0 Å².